The molecule has 0 N–H and O–H groups in total. The van der Waals surface area contributed by atoms with Crippen LogP contribution in [0.3, 0.4) is 0 Å². The fourth-order valence-electron chi connectivity index (χ4n) is 2.54. The van der Waals surface area contributed by atoms with E-state index in [0.29, 0.717) is 0 Å². The Morgan fingerprint density at radius 1 is 1.16 bits per heavy atom. The van der Waals surface area contributed by atoms with Gasteiger partial charge in [-0.15, -0.1) is 0 Å². The standard InChI is InChI=1S/C18H22F3NO8S/c1-7-22(15(24)29-16(2,3)4)10-8-11-13(14(23)28-17(5,6)27-11)12(9-10)30-31(25,26)18(19,20)21/h8-9H,7H2,1-6H3. The lowest BCUT2D eigenvalue weighted by atomic mass is 10.1. The molecule has 2 rings (SSSR count). The number of amides is 1. The molecule has 174 valence electrons. The molecule has 1 aromatic carbocycles. The number of rotatable bonds is 4. The maximum absolute atomic E-state index is 12.9. The summed E-state index contributed by atoms with van der Waals surface area (Å²) in [5.74, 6) is -4.00. The van der Waals surface area contributed by atoms with E-state index < -0.39 is 50.4 Å². The Balaban J connectivity index is 2.67. The van der Waals surface area contributed by atoms with Crippen molar-refractivity contribution in [3.8, 4) is 11.5 Å². The molecule has 0 bridgehead atoms. The fourth-order valence-corrected chi connectivity index (χ4v) is 3.00. The van der Waals surface area contributed by atoms with E-state index in [4.69, 9.17) is 14.2 Å². The van der Waals surface area contributed by atoms with Crippen LogP contribution in [0.25, 0.3) is 0 Å². The van der Waals surface area contributed by atoms with E-state index >= 15 is 0 Å². The summed E-state index contributed by atoms with van der Waals surface area (Å²) in [6, 6.07) is 1.97. The molecule has 1 amide bonds. The second-order valence-electron chi connectivity index (χ2n) is 7.92. The number of cyclic esters (lactones) is 1. The lowest BCUT2D eigenvalue weighted by Crippen LogP contribution is -2.40. The first kappa shape index (κ1) is 24.6. The molecule has 0 radical (unpaired) electrons. The third-order valence-electron chi connectivity index (χ3n) is 3.67. The Morgan fingerprint density at radius 2 is 1.74 bits per heavy atom. The van der Waals surface area contributed by atoms with Gasteiger partial charge >= 0.3 is 27.7 Å². The van der Waals surface area contributed by atoms with Gasteiger partial charge in [0.15, 0.2) is 5.75 Å². The first-order chi connectivity index (χ1) is 13.9. The van der Waals surface area contributed by atoms with Crippen molar-refractivity contribution in [2.45, 2.75) is 58.4 Å². The van der Waals surface area contributed by atoms with Crippen LogP contribution in [0.2, 0.25) is 0 Å². The number of carbonyl (C=O) groups excluding carboxylic acids is 2. The summed E-state index contributed by atoms with van der Waals surface area (Å²) in [4.78, 5) is 25.9. The van der Waals surface area contributed by atoms with E-state index in [0.717, 1.165) is 11.0 Å². The minimum atomic E-state index is -6.13. The SMILES string of the molecule is CCN(C(=O)OC(C)(C)C)c1cc2c(c(OS(=O)(=O)C(F)(F)F)c1)C(=O)OC(C)(C)O2. The van der Waals surface area contributed by atoms with E-state index in [1.165, 1.54) is 19.9 Å². The number of carbonyl (C=O) groups is 2. The maximum Gasteiger partial charge on any atom is 0.534 e. The van der Waals surface area contributed by atoms with Crippen LogP contribution < -0.4 is 13.8 Å². The normalized spacial score (nSPS) is 16.0. The highest BCUT2D eigenvalue weighted by Gasteiger charge is 2.50. The number of ether oxygens (including phenoxy) is 3. The molecule has 0 aliphatic carbocycles. The molecule has 0 fully saturated rings. The summed E-state index contributed by atoms with van der Waals surface area (Å²) < 4.78 is 81.6. The molecule has 0 spiro atoms. The van der Waals surface area contributed by atoms with Crippen LogP contribution in [0.15, 0.2) is 12.1 Å². The fraction of sp³-hybridized carbons (Fsp3) is 0.556. The Bertz CT molecular complexity index is 996. The topological polar surface area (TPSA) is 108 Å². The number of hydrogen-bond donors (Lipinski definition) is 0. The van der Waals surface area contributed by atoms with Gasteiger partial charge in [-0.25, -0.2) is 9.59 Å². The number of anilines is 1. The van der Waals surface area contributed by atoms with Crippen LogP contribution in [0.1, 0.15) is 51.9 Å². The monoisotopic (exact) mass is 469 g/mol. The van der Waals surface area contributed by atoms with E-state index in [1.807, 2.05) is 0 Å². The molecule has 0 unspecified atom stereocenters. The lowest BCUT2D eigenvalue weighted by Gasteiger charge is -2.33. The quantitative estimate of drug-likeness (QED) is 0.370. The van der Waals surface area contributed by atoms with Gasteiger partial charge in [0, 0.05) is 32.5 Å². The summed E-state index contributed by atoms with van der Waals surface area (Å²) in [6.45, 7) is 9.09. The predicted molar refractivity (Wildman–Crippen MR) is 101 cm³/mol. The van der Waals surface area contributed by atoms with Crippen LogP contribution in [0, 0.1) is 0 Å². The van der Waals surface area contributed by atoms with Crippen molar-refractivity contribution in [1.29, 1.82) is 0 Å². The van der Waals surface area contributed by atoms with Gasteiger partial charge in [-0.3, -0.25) is 4.90 Å². The molecule has 1 aliphatic heterocycles. The highest BCUT2D eigenvalue weighted by Crippen LogP contribution is 2.42. The first-order valence-corrected chi connectivity index (χ1v) is 10.4. The largest absolute Gasteiger partial charge is 0.534 e. The number of nitrogens with zero attached hydrogens (tertiary/aromatic N) is 1. The molecule has 13 heteroatoms. The van der Waals surface area contributed by atoms with Gasteiger partial charge in [0.05, 0.1) is 5.69 Å². The molecular formula is C18H22F3NO8S. The Labute approximate surface area is 177 Å². The van der Waals surface area contributed by atoms with E-state index in [2.05, 4.69) is 4.18 Å². The van der Waals surface area contributed by atoms with Crippen LogP contribution in [-0.4, -0.2) is 43.9 Å². The number of fused-ring (bicyclic) bond motifs is 1. The van der Waals surface area contributed by atoms with Crippen molar-refractivity contribution in [2.24, 2.45) is 0 Å². The maximum atomic E-state index is 12.9. The first-order valence-electron chi connectivity index (χ1n) is 8.98. The van der Waals surface area contributed by atoms with Crippen molar-refractivity contribution >= 4 is 27.9 Å². The summed E-state index contributed by atoms with van der Waals surface area (Å²) in [6.07, 6.45) is -0.864. The van der Waals surface area contributed by atoms with Gasteiger partial charge in [0.2, 0.25) is 5.79 Å². The average Bonchev–Trinajstić information content (AvgIpc) is 2.50. The van der Waals surface area contributed by atoms with E-state index in [9.17, 15) is 31.2 Å². The molecule has 1 aromatic rings. The molecule has 9 nitrogen and oxygen atoms in total. The Hall–Kier alpha value is -2.70. The third-order valence-corrected chi connectivity index (χ3v) is 4.64. The van der Waals surface area contributed by atoms with Crippen LogP contribution in [0.4, 0.5) is 23.7 Å². The van der Waals surface area contributed by atoms with Crippen molar-refractivity contribution in [3.05, 3.63) is 17.7 Å². The Morgan fingerprint density at radius 3 is 2.23 bits per heavy atom. The van der Waals surface area contributed by atoms with Gasteiger partial charge < -0.3 is 18.4 Å². The molecule has 0 aromatic heterocycles. The number of hydrogen-bond acceptors (Lipinski definition) is 8. The Kier molecular flexibility index (Phi) is 6.16. The highest BCUT2D eigenvalue weighted by atomic mass is 32.2. The van der Waals surface area contributed by atoms with Crippen molar-refractivity contribution in [2.75, 3.05) is 11.4 Å². The van der Waals surface area contributed by atoms with E-state index in [1.54, 1.807) is 27.7 Å². The van der Waals surface area contributed by atoms with E-state index in [-0.39, 0.29) is 18.0 Å². The molecule has 0 saturated carbocycles. The van der Waals surface area contributed by atoms with Crippen LogP contribution >= 0.6 is 0 Å². The van der Waals surface area contributed by atoms with Crippen LogP contribution in [-0.2, 0) is 19.6 Å². The summed E-state index contributed by atoms with van der Waals surface area (Å²) in [5, 5.41) is 0. The smallest absolute Gasteiger partial charge is 0.452 e. The average molecular weight is 469 g/mol. The molecular weight excluding hydrogens is 447 g/mol. The zero-order valence-corrected chi connectivity index (χ0v) is 18.4. The number of esters is 1. The summed E-state index contributed by atoms with van der Waals surface area (Å²) in [5.41, 5.74) is -7.44. The minimum Gasteiger partial charge on any atom is -0.452 e. The van der Waals surface area contributed by atoms with Crippen molar-refractivity contribution < 1.29 is 49.6 Å². The van der Waals surface area contributed by atoms with Crippen molar-refractivity contribution in [1.82, 2.24) is 0 Å². The lowest BCUT2D eigenvalue weighted by molar-refractivity contribution is -0.127. The zero-order valence-electron chi connectivity index (χ0n) is 17.6. The zero-order chi connectivity index (χ0) is 24.0. The number of benzene rings is 1. The van der Waals surface area contributed by atoms with Gasteiger partial charge in [-0.2, -0.15) is 21.6 Å². The van der Waals surface area contributed by atoms with Crippen LogP contribution in [0.5, 0.6) is 11.5 Å². The minimum absolute atomic E-state index is 0.00694. The van der Waals surface area contributed by atoms with Gasteiger partial charge in [-0.1, -0.05) is 0 Å². The molecule has 0 atom stereocenters. The third kappa shape index (κ3) is 5.51. The van der Waals surface area contributed by atoms with Gasteiger partial charge in [0.25, 0.3) is 0 Å². The highest BCUT2D eigenvalue weighted by molar-refractivity contribution is 7.88. The molecule has 0 saturated heterocycles. The van der Waals surface area contributed by atoms with Crippen molar-refractivity contribution in [3.63, 3.8) is 0 Å². The number of alkyl halides is 3. The molecule has 31 heavy (non-hydrogen) atoms. The second-order valence-corrected chi connectivity index (χ2v) is 9.45. The molecule has 1 aliphatic rings. The van der Waals surface area contributed by atoms with Gasteiger partial charge in [-0.05, 0) is 27.7 Å². The predicted octanol–water partition coefficient (Wildman–Crippen LogP) is 3.96. The van der Waals surface area contributed by atoms with Gasteiger partial charge in [0.1, 0.15) is 16.9 Å². The number of halogens is 3. The molecule has 1 heterocycles. The second kappa shape index (κ2) is 7.77. The summed E-state index contributed by atoms with van der Waals surface area (Å²) in [7, 11) is -6.13. The summed E-state index contributed by atoms with van der Waals surface area (Å²) >= 11 is 0.